The Labute approximate surface area is 285 Å². The molecule has 0 aliphatic carbocycles. The van der Waals surface area contributed by atoms with Crippen molar-refractivity contribution in [2.75, 3.05) is 23.3 Å². The lowest BCUT2D eigenvalue weighted by Crippen LogP contribution is -2.27. The molecule has 258 valence electrons. The predicted octanol–water partition coefficient (Wildman–Crippen LogP) is 5.70. The van der Waals surface area contributed by atoms with Crippen molar-refractivity contribution in [3.8, 4) is 11.4 Å². The van der Waals surface area contributed by atoms with Crippen LogP contribution in [0, 0.1) is 5.41 Å². The molecule has 5 rings (SSSR count). The van der Waals surface area contributed by atoms with Gasteiger partial charge in [-0.1, -0.05) is 34.6 Å². The third-order valence-electron chi connectivity index (χ3n) is 7.51. The summed E-state index contributed by atoms with van der Waals surface area (Å²) in [6, 6.07) is 16.6. The number of fused-ring (bicyclic) bond motifs is 1. The molecule has 49 heavy (non-hydrogen) atoms. The average molecular weight is 708 g/mol. The minimum Gasteiger partial charge on any atom is -0.372 e. The van der Waals surface area contributed by atoms with Crippen molar-refractivity contribution in [3.63, 3.8) is 0 Å². The summed E-state index contributed by atoms with van der Waals surface area (Å²) in [7, 11) is -9.77. The molecule has 1 aromatic heterocycles. The minimum absolute atomic E-state index is 0.279. The fourth-order valence-corrected chi connectivity index (χ4v) is 6.36. The molecule has 2 heterocycles. The normalized spacial score (nSPS) is 14.1. The van der Waals surface area contributed by atoms with Crippen molar-refractivity contribution in [2.24, 2.45) is 15.5 Å². The Bertz CT molecular complexity index is 2110. The van der Waals surface area contributed by atoms with E-state index < -0.39 is 41.5 Å². The van der Waals surface area contributed by atoms with Crippen molar-refractivity contribution in [2.45, 2.75) is 57.3 Å². The number of hydrogen-bond acceptors (Lipinski definition) is 10. The van der Waals surface area contributed by atoms with E-state index in [9.17, 15) is 30.7 Å². The van der Waals surface area contributed by atoms with Gasteiger partial charge in [-0.15, -0.1) is 9.89 Å². The number of carbonyl (C=O) groups excluding carboxylic acids is 1. The second kappa shape index (κ2) is 13.6. The van der Waals surface area contributed by atoms with Crippen LogP contribution in [0.3, 0.4) is 0 Å². The second-order valence-electron chi connectivity index (χ2n) is 12.5. The molecule has 16 heteroatoms. The third kappa shape index (κ3) is 8.10. The lowest BCUT2D eigenvalue weighted by atomic mass is 9.87. The zero-order chi connectivity index (χ0) is 35.7. The molecule has 0 unspecified atom stereocenters. The van der Waals surface area contributed by atoms with E-state index >= 15 is 0 Å². The van der Waals surface area contributed by atoms with Gasteiger partial charge in [0.15, 0.2) is 5.82 Å². The number of anilines is 2. The van der Waals surface area contributed by atoms with Crippen LogP contribution in [0.5, 0.6) is 0 Å². The highest BCUT2D eigenvalue weighted by molar-refractivity contribution is 7.86. The molecule has 0 fully saturated rings. The monoisotopic (exact) mass is 707 g/mol. The number of hydrogen-bond donors (Lipinski definition) is 3. The molecule has 1 amide bonds. The van der Waals surface area contributed by atoms with Gasteiger partial charge in [-0.3, -0.25) is 13.9 Å². The summed E-state index contributed by atoms with van der Waals surface area (Å²) in [5.41, 5.74) is 3.36. The van der Waals surface area contributed by atoms with Crippen LogP contribution in [0.15, 0.2) is 86.6 Å². The van der Waals surface area contributed by atoms with E-state index in [-0.39, 0.29) is 11.1 Å². The smallest absolute Gasteiger partial charge is 0.294 e. The molecule has 4 aromatic rings. The highest BCUT2D eigenvalue weighted by Crippen LogP contribution is 2.30. The van der Waals surface area contributed by atoms with Gasteiger partial charge < -0.3 is 10.2 Å². The summed E-state index contributed by atoms with van der Waals surface area (Å²) in [5, 5.41) is 11.8. The molecule has 0 spiro atoms. The van der Waals surface area contributed by atoms with E-state index in [0.29, 0.717) is 29.0 Å². The summed E-state index contributed by atoms with van der Waals surface area (Å²) in [6.45, 7) is 12.4. The number of nitrogens with zero attached hydrogens (tertiary/aromatic N) is 6. The minimum atomic E-state index is -4.88. The zero-order valence-electron chi connectivity index (χ0n) is 27.6. The maximum atomic E-state index is 12.9. The van der Waals surface area contributed by atoms with Crippen LogP contribution in [-0.4, -0.2) is 71.2 Å². The molecule has 3 N–H and O–H groups in total. The number of aliphatic imine (C=N–C) groups is 1. The predicted molar refractivity (Wildman–Crippen MR) is 187 cm³/mol. The first-order valence-corrected chi connectivity index (χ1v) is 18.4. The number of rotatable bonds is 11. The summed E-state index contributed by atoms with van der Waals surface area (Å²) >= 11 is 0. The number of amides is 1. The Morgan fingerprint density at radius 1 is 0.878 bits per heavy atom. The lowest BCUT2D eigenvalue weighted by molar-refractivity contribution is 0.102. The van der Waals surface area contributed by atoms with Gasteiger partial charge in [0.25, 0.3) is 26.1 Å². The Morgan fingerprint density at radius 3 is 1.96 bits per heavy atom. The summed E-state index contributed by atoms with van der Waals surface area (Å²) in [4.78, 5) is 24.7. The second-order valence-corrected chi connectivity index (χ2v) is 15.3. The van der Waals surface area contributed by atoms with Gasteiger partial charge in [0, 0.05) is 41.0 Å². The lowest BCUT2D eigenvalue weighted by Gasteiger charge is -2.23. The van der Waals surface area contributed by atoms with Crippen LogP contribution in [0.2, 0.25) is 0 Å². The van der Waals surface area contributed by atoms with Crippen LogP contribution in [0.4, 0.5) is 17.1 Å². The average Bonchev–Trinajstić information content (AvgIpc) is 3.60. The van der Waals surface area contributed by atoms with Crippen molar-refractivity contribution in [1.82, 2.24) is 14.9 Å². The van der Waals surface area contributed by atoms with Gasteiger partial charge in [0.2, 0.25) is 5.82 Å². The van der Waals surface area contributed by atoms with Gasteiger partial charge in [0.05, 0.1) is 21.2 Å². The van der Waals surface area contributed by atoms with E-state index in [2.05, 4.69) is 41.3 Å². The van der Waals surface area contributed by atoms with Crippen molar-refractivity contribution in [3.05, 3.63) is 78.1 Å². The van der Waals surface area contributed by atoms with Crippen LogP contribution in [0.25, 0.3) is 11.4 Å². The number of aromatic nitrogens is 3. The van der Waals surface area contributed by atoms with Gasteiger partial charge in [0.1, 0.15) is 5.71 Å². The molecule has 0 saturated carbocycles. The Morgan fingerprint density at radius 2 is 1.45 bits per heavy atom. The Hall–Kier alpha value is -4.77. The molecule has 0 atom stereocenters. The van der Waals surface area contributed by atoms with Crippen molar-refractivity contribution in [1.29, 1.82) is 0 Å². The van der Waals surface area contributed by atoms with Gasteiger partial charge >= 0.3 is 0 Å². The maximum absolute atomic E-state index is 12.9. The molecule has 0 bridgehead atoms. The topological polar surface area (TPSA) is 197 Å². The Balaban J connectivity index is 1.40. The van der Waals surface area contributed by atoms with Crippen LogP contribution >= 0.6 is 0 Å². The maximum Gasteiger partial charge on any atom is 0.294 e. The zero-order valence-corrected chi connectivity index (χ0v) is 29.2. The standard InChI is InChI=1S/C33H37N7O7S2/c1-6-16-39(17-7-2)25-14-12-23(13-15-25)34-28-29(33(3,4)5)37-40-31(28)36-30(38-40)21-8-10-24(11-9-21)35-32(41)22-18-26(48(42,43)44)20-27(19-22)49(45,46)47/h8-15,18-20H,6-7,16-17H2,1-5H3,(H,35,41)(H,42,43,44)(H,45,46,47)/b34-28-. The fourth-order valence-electron chi connectivity index (χ4n) is 5.18. The number of nitrogens with one attached hydrogen (secondary N) is 1. The van der Waals surface area contributed by atoms with E-state index in [1.807, 2.05) is 32.9 Å². The van der Waals surface area contributed by atoms with Gasteiger partial charge in [-0.05, 0) is 79.6 Å². The van der Waals surface area contributed by atoms with E-state index in [1.54, 1.807) is 24.3 Å². The molecular formula is C33H37N7O7S2. The summed E-state index contributed by atoms with van der Waals surface area (Å²) in [5.74, 6) is -0.0435. The van der Waals surface area contributed by atoms with Crippen molar-refractivity contribution < 1.29 is 30.7 Å². The SMILES string of the molecule is CCCN(CCC)c1ccc(/N=C2/C(C(C)(C)C)=Nn3nc(-c4ccc(NC(=O)c5cc(S(=O)(=O)O)cc(S(=O)(=O)O)c5)cc4)nc32)cc1. The van der Waals surface area contributed by atoms with Crippen LogP contribution in [-0.2, 0) is 20.2 Å². The fraction of sp³-hybridized carbons (Fsp3) is 0.303. The first kappa shape index (κ1) is 35.5. The third-order valence-corrected chi connectivity index (χ3v) is 9.18. The highest BCUT2D eigenvalue weighted by atomic mass is 32.2. The molecule has 1 aliphatic heterocycles. The largest absolute Gasteiger partial charge is 0.372 e. The van der Waals surface area contributed by atoms with E-state index in [0.717, 1.165) is 55.2 Å². The molecule has 0 saturated heterocycles. The first-order valence-electron chi connectivity index (χ1n) is 15.5. The number of carbonyl (C=O) groups is 1. The van der Waals surface area contributed by atoms with Crippen LogP contribution in [0.1, 0.15) is 63.6 Å². The molecule has 14 nitrogen and oxygen atoms in total. The van der Waals surface area contributed by atoms with E-state index in [1.165, 1.54) is 4.79 Å². The van der Waals surface area contributed by atoms with Crippen LogP contribution < -0.4 is 10.2 Å². The van der Waals surface area contributed by atoms with Gasteiger partial charge in [-0.25, -0.2) is 9.98 Å². The Kier molecular flexibility index (Phi) is 9.88. The van der Waals surface area contributed by atoms with E-state index in [4.69, 9.17) is 15.1 Å². The molecule has 3 aromatic carbocycles. The highest BCUT2D eigenvalue weighted by Gasteiger charge is 2.35. The molecule has 1 aliphatic rings. The summed E-state index contributed by atoms with van der Waals surface area (Å²) < 4.78 is 65.3. The summed E-state index contributed by atoms with van der Waals surface area (Å²) in [6.07, 6.45) is 2.11. The van der Waals surface area contributed by atoms with Crippen molar-refractivity contribution >= 4 is 54.6 Å². The first-order chi connectivity index (χ1) is 23.0. The molecule has 0 radical (unpaired) electrons. The number of benzene rings is 3. The molecular weight excluding hydrogens is 671 g/mol. The quantitative estimate of drug-likeness (QED) is 0.163. The van der Waals surface area contributed by atoms with Gasteiger partial charge in [-0.2, -0.15) is 21.9 Å².